The first kappa shape index (κ1) is 16.7. The molecule has 132 valence electrons. The lowest BCUT2D eigenvalue weighted by Gasteiger charge is -2.15. The molecule has 1 aliphatic rings. The summed E-state index contributed by atoms with van der Waals surface area (Å²) in [5, 5.41) is 3.90. The Morgan fingerprint density at radius 1 is 1.12 bits per heavy atom. The molecule has 0 aliphatic heterocycles. The van der Waals surface area contributed by atoms with Gasteiger partial charge in [-0.3, -0.25) is 4.79 Å². The van der Waals surface area contributed by atoms with Crippen molar-refractivity contribution >= 4 is 16.8 Å². The lowest BCUT2D eigenvalue weighted by molar-refractivity contribution is 0.0939. The van der Waals surface area contributed by atoms with Gasteiger partial charge in [-0.15, -0.1) is 0 Å². The number of hydrogen-bond donors (Lipinski definition) is 2. The molecule has 4 rings (SSSR count). The molecule has 1 fully saturated rings. The molecule has 26 heavy (non-hydrogen) atoms. The van der Waals surface area contributed by atoms with Crippen LogP contribution in [0.15, 0.2) is 54.6 Å². The second kappa shape index (κ2) is 6.84. The normalized spacial score (nSPS) is 19.6. The molecule has 1 aliphatic carbocycles. The Morgan fingerprint density at radius 3 is 2.62 bits per heavy atom. The molecule has 2 atom stereocenters. The van der Waals surface area contributed by atoms with Gasteiger partial charge in [0.1, 0.15) is 5.82 Å². The number of fused-ring (bicyclic) bond motifs is 1. The van der Waals surface area contributed by atoms with Gasteiger partial charge in [0.25, 0.3) is 5.91 Å². The smallest absolute Gasteiger partial charge is 0.252 e. The van der Waals surface area contributed by atoms with E-state index in [-0.39, 0.29) is 23.8 Å². The lowest BCUT2D eigenvalue weighted by Crippen LogP contribution is -2.34. The Morgan fingerprint density at radius 2 is 1.88 bits per heavy atom. The van der Waals surface area contributed by atoms with Crippen molar-refractivity contribution in [1.82, 2.24) is 10.3 Å². The summed E-state index contributed by atoms with van der Waals surface area (Å²) in [7, 11) is 0. The quantitative estimate of drug-likeness (QED) is 0.758. The highest BCUT2D eigenvalue weighted by Crippen LogP contribution is 2.26. The second-order valence-electron chi connectivity index (χ2n) is 6.82. The van der Waals surface area contributed by atoms with Crippen LogP contribution in [0.25, 0.3) is 22.2 Å². The molecule has 1 amide bonds. The van der Waals surface area contributed by atoms with Crippen LogP contribution in [0.2, 0.25) is 0 Å². The van der Waals surface area contributed by atoms with E-state index in [0.29, 0.717) is 11.3 Å². The molecule has 5 heteroatoms. The van der Waals surface area contributed by atoms with E-state index in [2.05, 4.69) is 10.3 Å². The molecule has 0 bridgehead atoms. The van der Waals surface area contributed by atoms with Gasteiger partial charge >= 0.3 is 0 Å². The van der Waals surface area contributed by atoms with Gasteiger partial charge in [-0.25, -0.2) is 9.37 Å². The molecule has 2 aromatic carbocycles. The summed E-state index contributed by atoms with van der Waals surface area (Å²) < 4.78 is 13.2. The first-order valence-electron chi connectivity index (χ1n) is 8.82. The van der Waals surface area contributed by atoms with Crippen LogP contribution in [0.5, 0.6) is 0 Å². The van der Waals surface area contributed by atoms with Crippen molar-refractivity contribution in [2.45, 2.75) is 31.3 Å². The largest absolute Gasteiger partial charge is 0.349 e. The number of hydrogen-bond acceptors (Lipinski definition) is 3. The van der Waals surface area contributed by atoms with Gasteiger partial charge in [-0.2, -0.15) is 0 Å². The zero-order valence-corrected chi connectivity index (χ0v) is 14.3. The van der Waals surface area contributed by atoms with Gasteiger partial charge in [0.2, 0.25) is 0 Å². The number of para-hydroxylation sites is 1. The van der Waals surface area contributed by atoms with E-state index < -0.39 is 0 Å². The maximum atomic E-state index is 13.2. The van der Waals surface area contributed by atoms with Crippen molar-refractivity contribution in [3.8, 4) is 11.3 Å². The van der Waals surface area contributed by atoms with Gasteiger partial charge in [0.15, 0.2) is 0 Å². The highest BCUT2D eigenvalue weighted by atomic mass is 19.1. The van der Waals surface area contributed by atoms with E-state index in [0.717, 1.165) is 35.7 Å². The number of rotatable bonds is 3. The number of carbonyl (C=O) groups is 1. The molecule has 1 saturated carbocycles. The third-order valence-electron chi connectivity index (χ3n) is 4.91. The molecule has 1 heterocycles. The molecule has 1 aromatic heterocycles. The number of carbonyl (C=O) groups excluding carboxylic acids is 1. The minimum Gasteiger partial charge on any atom is -0.349 e. The van der Waals surface area contributed by atoms with Crippen LogP contribution in [-0.2, 0) is 0 Å². The molecule has 0 spiro atoms. The molecular formula is C21H20FN3O. The second-order valence-corrected chi connectivity index (χ2v) is 6.82. The van der Waals surface area contributed by atoms with Gasteiger partial charge in [0, 0.05) is 23.0 Å². The summed E-state index contributed by atoms with van der Waals surface area (Å²) in [6.45, 7) is 0. The average Bonchev–Trinajstić information content (AvgIpc) is 3.06. The first-order chi connectivity index (χ1) is 12.6. The zero-order valence-electron chi connectivity index (χ0n) is 14.3. The summed E-state index contributed by atoms with van der Waals surface area (Å²) in [5.41, 5.74) is 8.69. The fourth-order valence-electron chi connectivity index (χ4n) is 3.54. The van der Waals surface area contributed by atoms with Crippen LogP contribution in [-0.4, -0.2) is 23.0 Å². The summed E-state index contributed by atoms with van der Waals surface area (Å²) in [6.07, 6.45) is 2.64. The number of halogens is 1. The maximum Gasteiger partial charge on any atom is 0.252 e. The molecule has 3 N–H and O–H groups in total. The number of aromatic nitrogens is 1. The van der Waals surface area contributed by atoms with Gasteiger partial charge in [-0.05, 0) is 55.7 Å². The van der Waals surface area contributed by atoms with Crippen LogP contribution < -0.4 is 11.1 Å². The molecule has 0 unspecified atom stereocenters. The average molecular weight is 349 g/mol. The van der Waals surface area contributed by atoms with Gasteiger partial charge in [0.05, 0.1) is 16.8 Å². The van der Waals surface area contributed by atoms with Crippen molar-refractivity contribution in [2.75, 3.05) is 0 Å². The predicted octanol–water partition coefficient (Wildman–Crippen LogP) is 3.65. The van der Waals surface area contributed by atoms with Crippen LogP contribution in [0.3, 0.4) is 0 Å². The molecule has 4 nitrogen and oxygen atoms in total. The van der Waals surface area contributed by atoms with E-state index in [1.54, 1.807) is 18.2 Å². The van der Waals surface area contributed by atoms with Crippen LogP contribution in [0.1, 0.15) is 29.6 Å². The SMILES string of the molecule is N[C@H]1CC[C@@H](NC(=O)c2cc(-c3ccc(F)cc3)nc3ccccc23)C1. The van der Waals surface area contributed by atoms with Crippen molar-refractivity contribution in [1.29, 1.82) is 0 Å². The number of pyridine rings is 1. The Bertz CT molecular complexity index is 955. The Labute approximate surface area is 151 Å². The fraction of sp³-hybridized carbons (Fsp3) is 0.238. The first-order valence-corrected chi connectivity index (χ1v) is 8.82. The Hall–Kier alpha value is -2.79. The summed E-state index contributed by atoms with van der Waals surface area (Å²) >= 11 is 0. The molecular weight excluding hydrogens is 329 g/mol. The molecule has 0 saturated heterocycles. The van der Waals surface area contributed by atoms with Crippen molar-refractivity contribution < 1.29 is 9.18 Å². The predicted molar refractivity (Wildman–Crippen MR) is 100 cm³/mol. The molecule has 3 aromatic rings. The number of nitrogens with two attached hydrogens (primary N) is 1. The van der Waals surface area contributed by atoms with E-state index in [1.165, 1.54) is 12.1 Å². The van der Waals surface area contributed by atoms with E-state index >= 15 is 0 Å². The van der Waals surface area contributed by atoms with Crippen LogP contribution in [0, 0.1) is 5.82 Å². The summed E-state index contributed by atoms with van der Waals surface area (Å²) in [4.78, 5) is 17.6. The van der Waals surface area contributed by atoms with Crippen LogP contribution >= 0.6 is 0 Å². The van der Waals surface area contributed by atoms with Crippen molar-refractivity contribution in [2.24, 2.45) is 5.73 Å². The van der Waals surface area contributed by atoms with Crippen molar-refractivity contribution in [3.63, 3.8) is 0 Å². The summed E-state index contributed by atoms with van der Waals surface area (Å²) in [6, 6.07) is 15.7. The minimum absolute atomic E-state index is 0.110. The lowest BCUT2D eigenvalue weighted by atomic mass is 10.0. The standard InChI is InChI=1S/C21H20FN3O/c22-14-7-5-13(6-8-14)20-12-18(17-3-1-2-4-19(17)25-20)21(26)24-16-10-9-15(23)11-16/h1-8,12,15-16H,9-11,23H2,(H,24,26)/t15-,16+/m0/s1. The molecule has 0 radical (unpaired) electrons. The van der Waals surface area contributed by atoms with E-state index in [4.69, 9.17) is 5.73 Å². The zero-order chi connectivity index (χ0) is 18.1. The highest BCUT2D eigenvalue weighted by Gasteiger charge is 2.24. The van der Waals surface area contributed by atoms with E-state index in [1.807, 2.05) is 24.3 Å². The third-order valence-corrected chi connectivity index (χ3v) is 4.91. The number of benzene rings is 2. The summed E-state index contributed by atoms with van der Waals surface area (Å²) in [5.74, 6) is -0.420. The van der Waals surface area contributed by atoms with E-state index in [9.17, 15) is 9.18 Å². The van der Waals surface area contributed by atoms with Crippen LogP contribution in [0.4, 0.5) is 4.39 Å². The number of nitrogens with one attached hydrogen (secondary N) is 1. The number of nitrogens with zero attached hydrogens (tertiary/aromatic N) is 1. The van der Waals surface area contributed by atoms with Crippen molar-refractivity contribution in [3.05, 3.63) is 66.0 Å². The topological polar surface area (TPSA) is 68.0 Å². The Kier molecular flexibility index (Phi) is 4.39. The third kappa shape index (κ3) is 3.30. The maximum absolute atomic E-state index is 13.2. The highest BCUT2D eigenvalue weighted by molar-refractivity contribution is 6.07. The fourth-order valence-corrected chi connectivity index (χ4v) is 3.54. The minimum atomic E-state index is -0.301. The van der Waals surface area contributed by atoms with Gasteiger partial charge < -0.3 is 11.1 Å². The Balaban J connectivity index is 1.74. The number of amides is 1. The monoisotopic (exact) mass is 349 g/mol. The van der Waals surface area contributed by atoms with Gasteiger partial charge in [-0.1, -0.05) is 18.2 Å².